The number of ether oxygens (including phenoxy) is 1. The van der Waals surface area contributed by atoms with Crippen LogP contribution in [0.5, 0.6) is 0 Å². The van der Waals surface area contributed by atoms with Gasteiger partial charge in [0, 0.05) is 12.8 Å². The van der Waals surface area contributed by atoms with Crippen LogP contribution in [0.15, 0.2) is 18.2 Å². The molecule has 0 aliphatic rings. The Kier molecular flexibility index (Phi) is 7.29. The summed E-state index contributed by atoms with van der Waals surface area (Å²) in [4.78, 5) is 11.5. The second-order valence-corrected chi connectivity index (χ2v) is 4.15. The van der Waals surface area contributed by atoms with E-state index in [0.29, 0.717) is 0 Å². The normalized spacial score (nSPS) is 12.5. The molecule has 0 heterocycles. The van der Waals surface area contributed by atoms with Crippen molar-refractivity contribution in [1.29, 1.82) is 0 Å². The first kappa shape index (κ1) is 19.0. The van der Waals surface area contributed by atoms with Gasteiger partial charge in [-0.25, -0.2) is 0 Å². The van der Waals surface area contributed by atoms with E-state index in [-0.39, 0.29) is 24.7 Å². The minimum Gasteiger partial charge on any atom is -0.383 e. The van der Waals surface area contributed by atoms with Gasteiger partial charge in [-0.2, -0.15) is 13.2 Å². The van der Waals surface area contributed by atoms with Crippen molar-refractivity contribution in [3.05, 3.63) is 28.8 Å². The molecule has 0 aliphatic carbocycles. The minimum absolute atomic E-state index is 0. The maximum atomic E-state index is 12.6. The molecule has 114 valence electrons. The van der Waals surface area contributed by atoms with Crippen LogP contribution in [0.4, 0.5) is 18.9 Å². The Hall–Kier alpha value is -1.02. The number of carbonyl (C=O) groups excluding carboxylic acids is 1. The number of alkyl halides is 3. The number of methoxy groups -OCH3 is 1. The van der Waals surface area contributed by atoms with E-state index in [4.69, 9.17) is 17.3 Å². The lowest BCUT2D eigenvalue weighted by atomic mass is 10.2. The van der Waals surface area contributed by atoms with Crippen LogP contribution in [0.25, 0.3) is 0 Å². The first-order valence-electron chi connectivity index (χ1n) is 5.18. The van der Waals surface area contributed by atoms with Gasteiger partial charge in [0.1, 0.15) is 6.04 Å². The number of halogens is 5. The van der Waals surface area contributed by atoms with E-state index in [9.17, 15) is 18.0 Å². The number of nitrogens with one attached hydrogen (secondary N) is 1. The molecule has 1 rings (SSSR count). The SMILES string of the molecule is COCC(N)C(=O)Nc1ccc(Cl)c(C(F)(F)F)c1.Cl. The summed E-state index contributed by atoms with van der Waals surface area (Å²) < 4.78 is 42.5. The molecule has 0 radical (unpaired) electrons. The molecule has 1 amide bonds. The van der Waals surface area contributed by atoms with Gasteiger partial charge >= 0.3 is 6.18 Å². The summed E-state index contributed by atoms with van der Waals surface area (Å²) in [6, 6.07) is 2.10. The predicted molar refractivity (Wildman–Crippen MR) is 72.2 cm³/mol. The van der Waals surface area contributed by atoms with Crippen molar-refractivity contribution in [3.63, 3.8) is 0 Å². The van der Waals surface area contributed by atoms with Crippen molar-refractivity contribution in [2.45, 2.75) is 12.2 Å². The molecule has 0 saturated carbocycles. The second-order valence-electron chi connectivity index (χ2n) is 3.74. The third kappa shape index (κ3) is 5.16. The molecule has 0 aromatic heterocycles. The van der Waals surface area contributed by atoms with Gasteiger partial charge in [-0.1, -0.05) is 11.6 Å². The molecule has 1 atom stereocenters. The summed E-state index contributed by atoms with van der Waals surface area (Å²) in [6.45, 7) is -0.0362. The van der Waals surface area contributed by atoms with Crippen molar-refractivity contribution in [3.8, 4) is 0 Å². The Morgan fingerprint density at radius 3 is 2.60 bits per heavy atom. The highest BCUT2D eigenvalue weighted by molar-refractivity contribution is 6.31. The van der Waals surface area contributed by atoms with Gasteiger partial charge in [0.15, 0.2) is 0 Å². The summed E-state index contributed by atoms with van der Waals surface area (Å²) in [5.41, 5.74) is 4.39. The van der Waals surface area contributed by atoms with E-state index in [2.05, 4.69) is 10.1 Å². The van der Waals surface area contributed by atoms with Crippen molar-refractivity contribution in [1.82, 2.24) is 0 Å². The van der Waals surface area contributed by atoms with Crippen LogP contribution in [0, 0.1) is 0 Å². The van der Waals surface area contributed by atoms with Crippen LogP contribution in [0.3, 0.4) is 0 Å². The molecule has 9 heteroatoms. The molecular weight excluding hydrogens is 320 g/mol. The highest BCUT2D eigenvalue weighted by Crippen LogP contribution is 2.36. The molecule has 4 nitrogen and oxygen atoms in total. The number of carbonyl (C=O) groups is 1. The number of amides is 1. The first-order chi connectivity index (χ1) is 8.75. The average molecular weight is 333 g/mol. The van der Waals surface area contributed by atoms with E-state index < -0.39 is 28.7 Å². The van der Waals surface area contributed by atoms with Crippen LogP contribution >= 0.6 is 24.0 Å². The third-order valence-corrected chi connectivity index (χ3v) is 2.55. The topological polar surface area (TPSA) is 64.3 Å². The van der Waals surface area contributed by atoms with Gasteiger partial charge in [0.2, 0.25) is 5.91 Å². The Labute approximate surface area is 124 Å². The van der Waals surface area contributed by atoms with Crippen LogP contribution in [-0.4, -0.2) is 25.7 Å². The molecule has 0 fully saturated rings. The molecule has 0 bridgehead atoms. The van der Waals surface area contributed by atoms with E-state index in [0.717, 1.165) is 12.1 Å². The van der Waals surface area contributed by atoms with E-state index in [1.165, 1.54) is 13.2 Å². The highest BCUT2D eigenvalue weighted by Gasteiger charge is 2.33. The zero-order chi connectivity index (χ0) is 14.6. The van der Waals surface area contributed by atoms with Gasteiger partial charge in [0.25, 0.3) is 0 Å². The first-order valence-corrected chi connectivity index (χ1v) is 5.55. The number of hydrogen-bond donors (Lipinski definition) is 2. The molecule has 20 heavy (non-hydrogen) atoms. The lowest BCUT2D eigenvalue weighted by molar-refractivity contribution is -0.137. The van der Waals surface area contributed by atoms with E-state index in [1.54, 1.807) is 0 Å². The maximum absolute atomic E-state index is 12.6. The van der Waals surface area contributed by atoms with Crippen molar-refractivity contribution in [2.24, 2.45) is 5.73 Å². The van der Waals surface area contributed by atoms with Crippen molar-refractivity contribution >= 4 is 35.6 Å². The highest BCUT2D eigenvalue weighted by atomic mass is 35.5. The zero-order valence-electron chi connectivity index (χ0n) is 10.3. The van der Waals surface area contributed by atoms with Gasteiger partial charge in [-0.15, -0.1) is 12.4 Å². The number of rotatable bonds is 4. The summed E-state index contributed by atoms with van der Waals surface area (Å²) in [5.74, 6) is -0.641. The van der Waals surface area contributed by atoms with Gasteiger partial charge in [0.05, 0.1) is 17.2 Å². The van der Waals surface area contributed by atoms with Crippen LogP contribution < -0.4 is 11.1 Å². The average Bonchev–Trinajstić information content (AvgIpc) is 2.30. The van der Waals surface area contributed by atoms with E-state index in [1.807, 2.05) is 0 Å². The summed E-state index contributed by atoms with van der Waals surface area (Å²) in [5, 5.41) is 1.83. The molecule has 0 aliphatic heterocycles. The van der Waals surface area contributed by atoms with Crippen molar-refractivity contribution in [2.75, 3.05) is 19.0 Å². The largest absolute Gasteiger partial charge is 0.417 e. The fraction of sp³-hybridized carbons (Fsp3) is 0.364. The molecule has 0 saturated heterocycles. The summed E-state index contributed by atoms with van der Waals surface area (Å²) in [7, 11) is 1.36. The standard InChI is InChI=1S/C11H12ClF3N2O2.ClH/c1-19-5-9(16)10(18)17-6-2-3-8(12)7(4-6)11(13,14)15;/h2-4,9H,5,16H2,1H3,(H,17,18);1H. The zero-order valence-corrected chi connectivity index (χ0v) is 11.9. The van der Waals surface area contributed by atoms with Crippen LogP contribution in [0.1, 0.15) is 5.56 Å². The third-order valence-electron chi connectivity index (χ3n) is 2.22. The quantitative estimate of drug-likeness (QED) is 0.890. The molecule has 3 N–H and O–H groups in total. The lowest BCUT2D eigenvalue weighted by Gasteiger charge is -2.14. The fourth-order valence-corrected chi connectivity index (χ4v) is 1.54. The molecule has 1 unspecified atom stereocenters. The monoisotopic (exact) mass is 332 g/mol. The Morgan fingerprint density at radius 2 is 2.10 bits per heavy atom. The smallest absolute Gasteiger partial charge is 0.383 e. The van der Waals surface area contributed by atoms with Gasteiger partial charge in [-0.05, 0) is 18.2 Å². The number of anilines is 1. The molecule has 1 aromatic carbocycles. The fourth-order valence-electron chi connectivity index (χ4n) is 1.31. The number of hydrogen-bond acceptors (Lipinski definition) is 3. The maximum Gasteiger partial charge on any atom is 0.417 e. The second kappa shape index (κ2) is 7.68. The van der Waals surface area contributed by atoms with Gasteiger partial charge < -0.3 is 15.8 Å². The Balaban J connectivity index is 0.00000361. The molecular formula is C11H13Cl2F3N2O2. The van der Waals surface area contributed by atoms with Crippen LogP contribution in [0.2, 0.25) is 5.02 Å². The Morgan fingerprint density at radius 1 is 1.50 bits per heavy atom. The minimum atomic E-state index is -4.59. The predicted octanol–water partition coefficient (Wildman–Crippen LogP) is 2.69. The molecule has 0 spiro atoms. The van der Waals surface area contributed by atoms with E-state index >= 15 is 0 Å². The number of nitrogens with two attached hydrogens (primary N) is 1. The van der Waals surface area contributed by atoms with Crippen molar-refractivity contribution < 1.29 is 22.7 Å². The van der Waals surface area contributed by atoms with Gasteiger partial charge in [-0.3, -0.25) is 4.79 Å². The number of benzene rings is 1. The summed E-state index contributed by atoms with van der Waals surface area (Å²) >= 11 is 5.45. The van der Waals surface area contributed by atoms with Crippen LogP contribution in [-0.2, 0) is 15.7 Å². The molecule has 1 aromatic rings. The lowest BCUT2D eigenvalue weighted by Crippen LogP contribution is -2.39. The summed E-state index contributed by atoms with van der Waals surface area (Å²) in [6.07, 6.45) is -4.59. The Bertz CT molecular complexity index is 469.